The molecule has 0 spiro atoms. The van der Waals surface area contributed by atoms with Crippen LogP contribution in [0.5, 0.6) is 0 Å². The van der Waals surface area contributed by atoms with E-state index in [1.54, 1.807) is 6.92 Å². The Hall–Kier alpha value is -2.88. The normalized spacial score (nSPS) is 12.0. The fourth-order valence-corrected chi connectivity index (χ4v) is 3.01. The summed E-state index contributed by atoms with van der Waals surface area (Å²) in [5, 5.41) is 7.16. The van der Waals surface area contributed by atoms with Gasteiger partial charge in [-0.3, -0.25) is 4.79 Å². The highest BCUT2D eigenvalue weighted by Crippen LogP contribution is 2.26. The first-order valence-corrected chi connectivity index (χ1v) is 8.37. The van der Waals surface area contributed by atoms with E-state index < -0.39 is 0 Å². The smallest absolute Gasteiger partial charge is 0.257 e. The van der Waals surface area contributed by atoms with Crippen LogP contribution < -0.4 is 5.32 Å². The van der Waals surface area contributed by atoms with Crippen LogP contribution in [0.4, 0.5) is 0 Å². The number of carbonyl (C=O) groups is 1. The van der Waals surface area contributed by atoms with Gasteiger partial charge in [0.05, 0.1) is 6.04 Å². The molecule has 0 aliphatic heterocycles. The third kappa shape index (κ3) is 3.48. The molecule has 3 aromatic rings. The van der Waals surface area contributed by atoms with Crippen LogP contribution in [0.15, 0.2) is 53.1 Å². The highest BCUT2D eigenvalue weighted by molar-refractivity contribution is 6.01. The van der Waals surface area contributed by atoms with Crippen molar-refractivity contribution < 1.29 is 9.32 Å². The quantitative estimate of drug-likeness (QED) is 0.748. The lowest BCUT2D eigenvalue weighted by Crippen LogP contribution is -2.27. The van der Waals surface area contributed by atoms with Crippen LogP contribution in [0.2, 0.25) is 0 Å². The SMILES string of the molecule is Cc1ccc(C)c([C@@H](C)NC(=O)c2c(-c3ccccc3)noc2C)c1. The molecule has 128 valence electrons. The van der Waals surface area contributed by atoms with Gasteiger partial charge in [0.1, 0.15) is 17.0 Å². The Morgan fingerprint density at radius 3 is 2.52 bits per heavy atom. The highest BCUT2D eigenvalue weighted by atomic mass is 16.5. The molecule has 0 saturated heterocycles. The monoisotopic (exact) mass is 334 g/mol. The summed E-state index contributed by atoms with van der Waals surface area (Å²) in [6.07, 6.45) is 0. The number of nitrogens with zero attached hydrogens (tertiary/aromatic N) is 1. The second-order valence-electron chi connectivity index (χ2n) is 6.38. The van der Waals surface area contributed by atoms with E-state index in [-0.39, 0.29) is 11.9 Å². The minimum Gasteiger partial charge on any atom is -0.360 e. The van der Waals surface area contributed by atoms with Crippen molar-refractivity contribution >= 4 is 5.91 Å². The molecule has 2 aromatic carbocycles. The van der Waals surface area contributed by atoms with Crippen LogP contribution in [-0.4, -0.2) is 11.1 Å². The summed E-state index contributed by atoms with van der Waals surface area (Å²) < 4.78 is 5.29. The number of aryl methyl sites for hydroxylation is 3. The van der Waals surface area contributed by atoms with Crippen molar-refractivity contribution in [1.29, 1.82) is 0 Å². The third-order valence-electron chi connectivity index (χ3n) is 4.39. The van der Waals surface area contributed by atoms with E-state index in [9.17, 15) is 4.79 Å². The maximum atomic E-state index is 12.9. The molecule has 4 nitrogen and oxygen atoms in total. The number of carbonyl (C=O) groups excluding carboxylic acids is 1. The van der Waals surface area contributed by atoms with Crippen LogP contribution in [0.3, 0.4) is 0 Å². The maximum absolute atomic E-state index is 12.9. The standard InChI is InChI=1S/C21H22N2O2/c1-13-10-11-14(2)18(12-13)15(3)22-21(24)19-16(4)25-23-20(19)17-8-6-5-7-9-17/h5-12,15H,1-4H3,(H,22,24)/t15-/m1/s1. The molecule has 0 saturated carbocycles. The van der Waals surface area contributed by atoms with Gasteiger partial charge < -0.3 is 9.84 Å². The number of hydrogen-bond acceptors (Lipinski definition) is 3. The van der Waals surface area contributed by atoms with Crippen LogP contribution >= 0.6 is 0 Å². The number of amides is 1. The second kappa shape index (κ2) is 6.93. The summed E-state index contributed by atoms with van der Waals surface area (Å²) in [5.74, 6) is 0.343. The molecule has 1 aromatic heterocycles. The minimum absolute atomic E-state index is 0.106. The lowest BCUT2D eigenvalue weighted by molar-refractivity contribution is 0.0939. The zero-order valence-corrected chi connectivity index (χ0v) is 15.0. The van der Waals surface area contributed by atoms with Crippen LogP contribution in [0.1, 0.15) is 45.8 Å². The Kier molecular flexibility index (Phi) is 4.70. The minimum atomic E-state index is -0.175. The second-order valence-corrected chi connectivity index (χ2v) is 6.38. The van der Waals surface area contributed by atoms with Gasteiger partial charge in [0.15, 0.2) is 0 Å². The number of benzene rings is 2. The molecule has 4 heteroatoms. The predicted octanol–water partition coefficient (Wildman–Crippen LogP) is 4.76. The summed E-state index contributed by atoms with van der Waals surface area (Å²) in [6.45, 7) is 7.86. The molecule has 0 fully saturated rings. The summed E-state index contributed by atoms with van der Waals surface area (Å²) >= 11 is 0. The summed E-state index contributed by atoms with van der Waals surface area (Å²) in [7, 11) is 0. The Bertz CT molecular complexity index is 898. The van der Waals surface area contributed by atoms with Gasteiger partial charge in [-0.05, 0) is 38.8 Å². The number of nitrogens with one attached hydrogen (secondary N) is 1. The molecule has 0 aliphatic rings. The van der Waals surface area contributed by atoms with Crippen molar-refractivity contribution in [1.82, 2.24) is 10.5 Å². The predicted molar refractivity (Wildman–Crippen MR) is 98.5 cm³/mol. The lowest BCUT2D eigenvalue weighted by Gasteiger charge is -2.17. The average Bonchev–Trinajstić information content (AvgIpc) is 2.99. The van der Waals surface area contributed by atoms with Crippen molar-refractivity contribution in [2.75, 3.05) is 0 Å². The van der Waals surface area contributed by atoms with Gasteiger partial charge in [0.2, 0.25) is 0 Å². The number of rotatable bonds is 4. The first-order valence-electron chi connectivity index (χ1n) is 8.37. The maximum Gasteiger partial charge on any atom is 0.257 e. The summed E-state index contributed by atoms with van der Waals surface area (Å²) in [4.78, 5) is 12.9. The summed E-state index contributed by atoms with van der Waals surface area (Å²) in [6, 6.07) is 15.8. The zero-order chi connectivity index (χ0) is 18.0. The van der Waals surface area contributed by atoms with Gasteiger partial charge in [0, 0.05) is 5.56 Å². The van der Waals surface area contributed by atoms with Gasteiger partial charge in [-0.1, -0.05) is 59.3 Å². The van der Waals surface area contributed by atoms with Crippen molar-refractivity contribution in [3.63, 3.8) is 0 Å². The molecule has 3 rings (SSSR count). The Morgan fingerprint density at radius 1 is 1.08 bits per heavy atom. The molecule has 1 heterocycles. The van der Waals surface area contributed by atoms with Crippen molar-refractivity contribution in [2.45, 2.75) is 33.7 Å². The molecule has 1 atom stereocenters. The first-order chi connectivity index (χ1) is 12.0. The van der Waals surface area contributed by atoms with E-state index in [4.69, 9.17) is 4.52 Å². The van der Waals surface area contributed by atoms with Crippen LogP contribution in [0.25, 0.3) is 11.3 Å². The number of aromatic nitrogens is 1. The Morgan fingerprint density at radius 2 is 1.80 bits per heavy atom. The molecule has 0 radical (unpaired) electrons. The van der Waals surface area contributed by atoms with E-state index in [2.05, 4.69) is 42.5 Å². The van der Waals surface area contributed by atoms with E-state index in [0.717, 1.165) is 16.7 Å². The largest absolute Gasteiger partial charge is 0.360 e. The van der Waals surface area contributed by atoms with Gasteiger partial charge in [-0.15, -0.1) is 0 Å². The van der Waals surface area contributed by atoms with Gasteiger partial charge in [-0.2, -0.15) is 0 Å². The fraction of sp³-hybridized carbons (Fsp3) is 0.238. The van der Waals surface area contributed by atoms with Gasteiger partial charge in [0.25, 0.3) is 5.91 Å². The topological polar surface area (TPSA) is 55.1 Å². The van der Waals surface area contributed by atoms with E-state index in [0.29, 0.717) is 17.0 Å². The lowest BCUT2D eigenvalue weighted by atomic mass is 9.99. The Balaban J connectivity index is 1.89. The molecular formula is C21H22N2O2. The Labute approximate surface area is 147 Å². The number of hydrogen-bond donors (Lipinski definition) is 1. The van der Waals surface area contributed by atoms with E-state index >= 15 is 0 Å². The molecule has 1 amide bonds. The van der Waals surface area contributed by atoms with Crippen molar-refractivity contribution in [2.24, 2.45) is 0 Å². The van der Waals surface area contributed by atoms with Crippen molar-refractivity contribution in [3.05, 3.63) is 76.5 Å². The molecule has 0 aliphatic carbocycles. The molecule has 0 unspecified atom stereocenters. The van der Waals surface area contributed by atoms with E-state index in [1.807, 2.05) is 37.3 Å². The summed E-state index contributed by atoms with van der Waals surface area (Å²) in [5.41, 5.74) is 5.37. The average molecular weight is 334 g/mol. The first kappa shape index (κ1) is 17.0. The molecule has 0 bridgehead atoms. The van der Waals surface area contributed by atoms with Crippen LogP contribution in [0, 0.1) is 20.8 Å². The van der Waals surface area contributed by atoms with Gasteiger partial charge >= 0.3 is 0 Å². The third-order valence-corrected chi connectivity index (χ3v) is 4.39. The van der Waals surface area contributed by atoms with Gasteiger partial charge in [-0.25, -0.2) is 0 Å². The van der Waals surface area contributed by atoms with E-state index in [1.165, 1.54) is 5.56 Å². The van der Waals surface area contributed by atoms with Crippen molar-refractivity contribution in [3.8, 4) is 11.3 Å². The molecular weight excluding hydrogens is 312 g/mol. The zero-order valence-electron chi connectivity index (χ0n) is 15.0. The van der Waals surface area contributed by atoms with Crippen LogP contribution in [-0.2, 0) is 0 Å². The highest BCUT2D eigenvalue weighted by Gasteiger charge is 2.23. The fourth-order valence-electron chi connectivity index (χ4n) is 3.01. The molecule has 1 N–H and O–H groups in total. The molecule has 25 heavy (non-hydrogen) atoms.